The molecule has 8 aliphatic rings. The predicted molar refractivity (Wildman–Crippen MR) is 231 cm³/mol. The summed E-state index contributed by atoms with van der Waals surface area (Å²) in [7, 11) is 0. The van der Waals surface area contributed by atoms with Gasteiger partial charge in [-0.1, -0.05) is 27.4 Å². The smallest absolute Gasteiger partial charge is 0.423 e. The van der Waals surface area contributed by atoms with Crippen LogP contribution in [-0.2, 0) is 110 Å². The van der Waals surface area contributed by atoms with E-state index in [-0.39, 0.29) is 5.97 Å². The van der Waals surface area contributed by atoms with Crippen molar-refractivity contribution in [3.05, 3.63) is 104 Å². The summed E-state index contributed by atoms with van der Waals surface area (Å²) in [5, 5.41) is 0. The first-order chi connectivity index (χ1) is 33.7. The largest absolute Gasteiger partial charge is 0.424 e. The summed E-state index contributed by atoms with van der Waals surface area (Å²) in [5.74, 6) is -8.98. The van der Waals surface area contributed by atoms with Crippen molar-refractivity contribution in [1.29, 1.82) is 0 Å². The van der Waals surface area contributed by atoms with Crippen LogP contribution in [0, 0.1) is 0 Å². The summed E-state index contributed by atoms with van der Waals surface area (Å²) in [6.07, 6.45) is 3.33. The van der Waals surface area contributed by atoms with Gasteiger partial charge < -0.3 is 37.9 Å². The lowest BCUT2D eigenvalue weighted by Gasteiger charge is -2.03. The fourth-order valence-corrected chi connectivity index (χ4v) is 4.92. The first-order valence-electron chi connectivity index (χ1n) is 20.6. The molecule has 0 atom stereocenters. The highest BCUT2D eigenvalue weighted by atomic mass is 19.4. The monoisotopic (exact) mass is 1030 g/mol. The third-order valence-corrected chi connectivity index (χ3v) is 9.29. The molecule has 390 valence electrons. The van der Waals surface area contributed by atoms with Crippen molar-refractivity contribution in [2.45, 2.75) is 94.7 Å². The Hall–Kier alpha value is -9.10. The number of hydrogen-bond donors (Lipinski definition) is 0. The van der Waals surface area contributed by atoms with Crippen LogP contribution in [0.4, 0.5) is 13.2 Å². The van der Waals surface area contributed by atoms with Crippen LogP contribution in [0.25, 0.3) is 0 Å². The van der Waals surface area contributed by atoms with E-state index in [4.69, 9.17) is 0 Å². The van der Waals surface area contributed by atoms with Crippen molar-refractivity contribution >= 4 is 89.5 Å². The van der Waals surface area contributed by atoms with Gasteiger partial charge in [0.05, 0.1) is 5.57 Å². The highest BCUT2D eigenvalue weighted by Gasteiger charge is 2.47. The molecule has 0 aromatic carbocycles. The van der Waals surface area contributed by atoms with Gasteiger partial charge in [-0.25, -0.2) is 71.9 Å². The van der Waals surface area contributed by atoms with E-state index in [0.717, 1.165) is 6.92 Å². The number of ether oxygens (including phenoxy) is 8. The minimum absolute atomic E-state index is 0.329. The molecule has 0 saturated carbocycles. The topological polar surface area (TPSA) is 330 Å². The Morgan fingerprint density at radius 2 is 0.699 bits per heavy atom. The second-order valence-electron chi connectivity index (χ2n) is 14.4. The summed E-state index contributed by atoms with van der Waals surface area (Å²) < 4.78 is 69.2. The molecule has 0 N–H and O–H groups in total. The second kappa shape index (κ2) is 27.3. The molecule has 8 rings (SSSR count). The maximum Gasteiger partial charge on any atom is 0.423 e. The molecular formula is C47H43F3O23. The van der Waals surface area contributed by atoms with Crippen LogP contribution in [0.15, 0.2) is 104 Å². The second-order valence-corrected chi connectivity index (χ2v) is 14.4. The van der Waals surface area contributed by atoms with Gasteiger partial charge in [-0.05, 0) is 73.8 Å². The van der Waals surface area contributed by atoms with Crippen LogP contribution < -0.4 is 0 Å². The average Bonchev–Trinajstić information content (AvgIpc) is 4.17. The van der Waals surface area contributed by atoms with E-state index in [9.17, 15) is 85.1 Å². The van der Waals surface area contributed by atoms with Crippen molar-refractivity contribution in [3.8, 4) is 0 Å². The lowest BCUT2D eigenvalue weighted by Crippen LogP contribution is -2.18. The number of carbonyl (C=O) groups excluding carboxylic acids is 15. The summed E-state index contributed by atoms with van der Waals surface area (Å²) >= 11 is 0. The molecule has 0 aromatic heterocycles. The number of carbonyl (C=O) groups is 15. The molecule has 0 unspecified atom stereocenters. The molecule has 26 heteroatoms. The Labute approximate surface area is 410 Å². The molecule has 0 aliphatic carbocycles. The minimum Gasteiger partial charge on any atom is -0.424 e. The molecule has 0 aromatic rings. The third kappa shape index (κ3) is 18.6. The summed E-state index contributed by atoms with van der Waals surface area (Å²) in [4.78, 5) is 156. The van der Waals surface area contributed by atoms with E-state index in [1.807, 2.05) is 13.8 Å². The Balaban J connectivity index is 0.000000419. The van der Waals surface area contributed by atoms with Gasteiger partial charge in [-0.15, -0.1) is 0 Å². The quantitative estimate of drug-likeness (QED) is 0.219. The van der Waals surface area contributed by atoms with E-state index >= 15 is 0 Å². The number of rotatable bonds is 3. The molecule has 23 nitrogen and oxygen atoms in total. The molecule has 0 fully saturated rings. The van der Waals surface area contributed by atoms with Gasteiger partial charge in [0.25, 0.3) is 0 Å². The summed E-state index contributed by atoms with van der Waals surface area (Å²) in [6, 6.07) is 0. The SMILES string of the molecule is C=C1C=CC(=O)O1.CC1=C(C(F)(F)F)C(=O)OC1=O.CC1=C(C)C(=O)OC1=O.CC1=C(C)C(=O)OC1=O.CC1=CC(=O)OC1=O.CC1=CC(=O)OC1=O.CCC1=C(CC)C(=O)OC1=O.CCC1=CC(=O)OC1=O. The standard InChI is InChI=1S/C8H10O3.C6H3F3O3.3C6H6O3.2C5H4O3.C5H4O2/c1-3-5-6(4-2)8(10)11-7(5)9;1-2-3(6(7,8)9)5(11)12-4(2)10;2*1-3-4(2)6(8)9-5(3)7;1-2-4-3-5(7)9-6(4)8;2*1-3-2-4(6)8-5(3)7;1-4-2-3-5(6)7-4/h3-4H2,1-2H3;1H3;2*1-2H3;3H,2H2,1H3;2*2H,1H3;2-3H,1H2. The molecule has 8 aliphatic heterocycles. The molecular weight excluding hydrogens is 989 g/mol. The van der Waals surface area contributed by atoms with E-state index in [2.05, 4.69) is 44.5 Å². The molecule has 0 saturated heterocycles. The maximum absolute atomic E-state index is 11.9. The van der Waals surface area contributed by atoms with Gasteiger partial charge in [-0.3, -0.25) is 0 Å². The van der Waals surface area contributed by atoms with Crippen LogP contribution >= 0.6 is 0 Å². The first-order valence-corrected chi connectivity index (χ1v) is 20.6. The first kappa shape index (κ1) is 61.9. The fourth-order valence-electron chi connectivity index (χ4n) is 4.92. The van der Waals surface area contributed by atoms with E-state index < -0.39 is 101 Å². The predicted octanol–water partition coefficient (Wildman–Crippen LogP) is 4.00. The summed E-state index contributed by atoms with van der Waals surface area (Å²) in [6.45, 7) is 19.1. The van der Waals surface area contributed by atoms with Gasteiger partial charge >= 0.3 is 95.7 Å². The number of allylic oxidation sites excluding steroid dienone is 1. The van der Waals surface area contributed by atoms with Crippen LogP contribution in [0.3, 0.4) is 0 Å². The van der Waals surface area contributed by atoms with Crippen molar-refractivity contribution < 1.29 is 123 Å². The Morgan fingerprint density at radius 3 is 0.836 bits per heavy atom. The lowest BCUT2D eigenvalue weighted by molar-refractivity contribution is -0.156. The van der Waals surface area contributed by atoms with Gasteiger partial charge in [0.2, 0.25) is 0 Å². The number of alkyl halides is 3. The highest BCUT2D eigenvalue weighted by Crippen LogP contribution is 2.33. The molecule has 8 heterocycles. The normalized spacial score (nSPS) is 18.3. The Kier molecular flexibility index (Phi) is 23.2. The van der Waals surface area contributed by atoms with Crippen molar-refractivity contribution in [2.24, 2.45) is 0 Å². The zero-order chi connectivity index (χ0) is 56.4. The van der Waals surface area contributed by atoms with Crippen molar-refractivity contribution in [2.75, 3.05) is 0 Å². The van der Waals surface area contributed by atoms with Gasteiger partial charge in [0.15, 0.2) is 5.57 Å². The molecule has 0 radical (unpaired) electrons. The van der Waals surface area contributed by atoms with Crippen molar-refractivity contribution in [1.82, 2.24) is 0 Å². The number of cyclic esters (lactones) is 15. The molecule has 0 bridgehead atoms. The van der Waals surface area contributed by atoms with Gasteiger partial charge in [0.1, 0.15) is 5.76 Å². The third-order valence-electron chi connectivity index (χ3n) is 9.29. The van der Waals surface area contributed by atoms with E-state index in [0.29, 0.717) is 75.2 Å². The van der Waals surface area contributed by atoms with Crippen LogP contribution in [-0.4, -0.2) is 95.7 Å². The minimum atomic E-state index is -4.81. The summed E-state index contributed by atoms with van der Waals surface area (Å²) in [5.41, 5.74) is 1.75. The molecule has 0 spiro atoms. The zero-order valence-electron chi connectivity index (χ0n) is 40.2. The van der Waals surface area contributed by atoms with Crippen LogP contribution in [0.5, 0.6) is 0 Å². The maximum atomic E-state index is 11.9. The molecule has 73 heavy (non-hydrogen) atoms. The Morgan fingerprint density at radius 1 is 0.370 bits per heavy atom. The average molecular weight is 1030 g/mol. The number of esters is 15. The van der Waals surface area contributed by atoms with Crippen LogP contribution in [0.1, 0.15) is 88.5 Å². The zero-order valence-corrected chi connectivity index (χ0v) is 40.2. The number of halogens is 3. The van der Waals surface area contributed by atoms with E-state index in [1.54, 1.807) is 34.6 Å². The van der Waals surface area contributed by atoms with Crippen molar-refractivity contribution in [3.63, 3.8) is 0 Å². The van der Waals surface area contributed by atoms with Crippen LogP contribution in [0.2, 0.25) is 0 Å². The molecule has 0 amide bonds. The lowest BCUT2D eigenvalue weighted by atomic mass is 10.1. The number of hydrogen-bond acceptors (Lipinski definition) is 23. The fraction of sp³-hybridized carbons (Fsp3) is 0.298. The Bertz CT molecular complexity index is 2590. The highest BCUT2D eigenvalue weighted by molar-refractivity contribution is 6.14. The van der Waals surface area contributed by atoms with Gasteiger partial charge in [0, 0.05) is 74.5 Å². The van der Waals surface area contributed by atoms with Gasteiger partial charge in [-0.2, -0.15) is 13.2 Å². The van der Waals surface area contributed by atoms with E-state index in [1.165, 1.54) is 44.2 Å².